The van der Waals surface area contributed by atoms with Crippen LogP contribution in [0.15, 0.2) is 64.5 Å². The maximum atomic E-state index is 13.1. The molecule has 2 aromatic carbocycles. The number of rotatable bonds is 5. The number of piperazine rings is 1. The minimum absolute atomic E-state index is 0.0388. The molecule has 9 heteroatoms. The van der Waals surface area contributed by atoms with Crippen molar-refractivity contribution >= 4 is 38.9 Å². The van der Waals surface area contributed by atoms with Gasteiger partial charge in [-0.3, -0.25) is 0 Å². The third-order valence-electron chi connectivity index (χ3n) is 5.67. The largest absolute Gasteiger partial charge is 0.382 e. The Morgan fingerprint density at radius 1 is 0.938 bits per heavy atom. The fraction of sp³-hybridized carbons (Fsp3) is 0.304. The molecule has 2 N–H and O–H groups in total. The number of sulfone groups is 1. The molecule has 0 bridgehead atoms. The van der Waals surface area contributed by atoms with Crippen molar-refractivity contribution in [3.8, 4) is 0 Å². The Morgan fingerprint density at radius 3 is 2.09 bits per heavy atom. The van der Waals surface area contributed by atoms with Crippen LogP contribution in [0, 0.1) is 0 Å². The first kappa shape index (κ1) is 22.4. The lowest BCUT2D eigenvalue weighted by Gasteiger charge is -2.36. The van der Waals surface area contributed by atoms with Crippen molar-refractivity contribution in [1.29, 1.82) is 0 Å². The smallest absolute Gasteiger partial charge is 0.227 e. The third kappa shape index (κ3) is 4.52. The van der Waals surface area contributed by atoms with Gasteiger partial charge < -0.3 is 15.5 Å². The fourth-order valence-electron chi connectivity index (χ4n) is 3.71. The number of nitrogens with zero attached hydrogens (tertiary/aromatic N) is 4. The maximum Gasteiger partial charge on any atom is 0.227 e. The molecular weight excluding hydrogens is 446 g/mol. The molecule has 1 aliphatic heterocycles. The average Bonchev–Trinajstić information content (AvgIpc) is 2.79. The first-order valence-electron chi connectivity index (χ1n) is 10.5. The highest BCUT2D eigenvalue weighted by Crippen LogP contribution is 2.27. The summed E-state index contributed by atoms with van der Waals surface area (Å²) in [7, 11) is -3.80. The highest BCUT2D eigenvalue weighted by Gasteiger charge is 2.25. The molecule has 0 radical (unpaired) electrons. The summed E-state index contributed by atoms with van der Waals surface area (Å²) in [5.74, 6) is 0.718. The van der Waals surface area contributed by atoms with Crippen molar-refractivity contribution < 1.29 is 8.42 Å². The number of anilines is 3. The van der Waals surface area contributed by atoms with Crippen LogP contribution in [0.3, 0.4) is 0 Å². The first-order chi connectivity index (χ1) is 15.3. The van der Waals surface area contributed by atoms with Crippen LogP contribution in [0.2, 0.25) is 5.02 Å². The van der Waals surface area contributed by atoms with E-state index in [4.69, 9.17) is 17.3 Å². The van der Waals surface area contributed by atoms with Gasteiger partial charge in [-0.25, -0.2) is 13.4 Å². The Labute approximate surface area is 193 Å². The minimum Gasteiger partial charge on any atom is -0.382 e. The van der Waals surface area contributed by atoms with E-state index in [0.717, 1.165) is 24.3 Å². The van der Waals surface area contributed by atoms with E-state index < -0.39 is 9.84 Å². The summed E-state index contributed by atoms with van der Waals surface area (Å²) < 4.78 is 26.1. The molecule has 0 spiro atoms. The number of hydrogen-bond donors (Lipinski definition) is 1. The molecule has 1 aromatic heterocycles. The normalized spacial score (nSPS) is 14.8. The number of halogens is 1. The van der Waals surface area contributed by atoms with Crippen LogP contribution in [0.4, 0.5) is 17.5 Å². The van der Waals surface area contributed by atoms with Gasteiger partial charge in [-0.05, 0) is 47.9 Å². The molecule has 4 rings (SSSR count). The van der Waals surface area contributed by atoms with Crippen LogP contribution in [0.5, 0.6) is 0 Å². The summed E-state index contributed by atoms with van der Waals surface area (Å²) in [4.78, 5) is 13.0. The maximum absolute atomic E-state index is 13.1. The van der Waals surface area contributed by atoms with Crippen molar-refractivity contribution in [3.63, 3.8) is 0 Å². The summed E-state index contributed by atoms with van der Waals surface area (Å²) in [6.07, 6.45) is 1.31. The number of aromatic nitrogens is 2. The molecule has 3 aromatic rings. The van der Waals surface area contributed by atoms with Crippen molar-refractivity contribution in [2.45, 2.75) is 29.6 Å². The van der Waals surface area contributed by atoms with Crippen LogP contribution in [-0.2, 0) is 9.84 Å². The zero-order valence-corrected chi connectivity index (χ0v) is 19.6. The fourth-order valence-corrected chi connectivity index (χ4v) is 5.10. The Bertz CT molecular complexity index is 1190. The van der Waals surface area contributed by atoms with Gasteiger partial charge in [0.15, 0.2) is 0 Å². The van der Waals surface area contributed by atoms with Crippen LogP contribution in [0.1, 0.15) is 25.3 Å². The number of nitrogens with two attached hydrogens (primary N) is 1. The highest BCUT2D eigenvalue weighted by molar-refractivity contribution is 7.91. The van der Waals surface area contributed by atoms with Gasteiger partial charge in [-0.15, -0.1) is 0 Å². The summed E-state index contributed by atoms with van der Waals surface area (Å²) in [6.45, 7) is 7.09. The highest BCUT2D eigenvalue weighted by atomic mass is 35.5. The molecule has 0 aliphatic carbocycles. The molecule has 0 saturated carbocycles. The SMILES string of the molecule is CC(C)c1ccc(S(=O)(=O)c2cnc(N3CCN(c4ccc(Cl)cc4)CC3)nc2N)cc1. The van der Waals surface area contributed by atoms with Gasteiger partial charge in [0.2, 0.25) is 15.8 Å². The molecule has 1 fully saturated rings. The van der Waals surface area contributed by atoms with Crippen LogP contribution in [-0.4, -0.2) is 44.6 Å². The first-order valence-corrected chi connectivity index (χ1v) is 12.3. The van der Waals surface area contributed by atoms with Crippen molar-refractivity contribution in [2.75, 3.05) is 41.7 Å². The monoisotopic (exact) mass is 471 g/mol. The second-order valence-electron chi connectivity index (χ2n) is 8.10. The predicted octanol–water partition coefficient (Wildman–Crippen LogP) is 4.00. The second-order valence-corrected chi connectivity index (χ2v) is 10.5. The molecule has 7 nitrogen and oxygen atoms in total. The molecule has 168 valence electrons. The Morgan fingerprint density at radius 2 is 1.53 bits per heavy atom. The molecule has 32 heavy (non-hydrogen) atoms. The second kappa shape index (κ2) is 8.96. The number of benzene rings is 2. The van der Waals surface area contributed by atoms with E-state index in [-0.39, 0.29) is 15.6 Å². The lowest BCUT2D eigenvalue weighted by atomic mass is 10.0. The summed E-state index contributed by atoms with van der Waals surface area (Å²) >= 11 is 5.97. The van der Waals surface area contributed by atoms with E-state index in [0.29, 0.717) is 30.0 Å². The average molecular weight is 472 g/mol. The topological polar surface area (TPSA) is 92.4 Å². The quantitative estimate of drug-likeness (QED) is 0.601. The number of nitrogen functional groups attached to an aromatic ring is 1. The summed E-state index contributed by atoms with van der Waals surface area (Å²) in [5, 5.41) is 0.710. The van der Waals surface area contributed by atoms with Gasteiger partial charge in [0.25, 0.3) is 0 Å². The molecule has 0 amide bonds. The van der Waals surface area contributed by atoms with Gasteiger partial charge in [0, 0.05) is 36.9 Å². The van der Waals surface area contributed by atoms with E-state index in [1.54, 1.807) is 12.1 Å². The third-order valence-corrected chi connectivity index (χ3v) is 7.71. The Balaban J connectivity index is 1.49. The van der Waals surface area contributed by atoms with E-state index in [1.165, 1.54) is 6.20 Å². The summed E-state index contributed by atoms with van der Waals surface area (Å²) in [5.41, 5.74) is 8.26. The van der Waals surface area contributed by atoms with Crippen LogP contribution in [0.25, 0.3) is 0 Å². The standard InChI is InChI=1S/C23H26ClN5O2S/c1-16(2)17-3-9-20(10-4-17)32(30,31)21-15-26-23(27-22(21)25)29-13-11-28(12-14-29)19-7-5-18(24)6-8-19/h3-10,15-16H,11-14H2,1-2H3,(H2,25,26,27). The van der Waals surface area contributed by atoms with Crippen LogP contribution < -0.4 is 15.5 Å². The van der Waals surface area contributed by atoms with Gasteiger partial charge in [-0.1, -0.05) is 37.6 Å². The van der Waals surface area contributed by atoms with Gasteiger partial charge >= 0.3 is 0 Å². The molecular formula is C23H26ClN5O2S. The minimum atomic E-state index is -3.80. The van der Waals surface area contributed by atoms with E-state index in [2.05, 4.69) is 28.7 Å². The van der Waals surface area contributed by atoms with Crippen molar-refractivity contribution in [3.05, 3.63) is 65.3 Å². The van der Waals surface area contributed by atoms with Gasteiger partial charge in [0.05, 0.1) is 11.1 Å². The van der Waals surface area contributed by atoms with Gasteiger partial charge in [-0.2, -0.15) is 4.98 Å². The zero-order valence-electron chi connectivity index (χ0n) is 18.1. The van der Waals surface area contributed by atoms with Crippen LogP contribution >= 0.6 is 11.6 Å². The molecule has 0 atom stereocenters. The lowest BCUT2D eigenvalue weighted by molar-refractivity contribution is 0.595. The summed E-state index contributed by atoms with van der Waals surface area (Å²) in [6, 6.07) is 14.6. The van der Waals surface area contributed by atoms with Crippen molar-refractivity contribution in [2.24, 2.45) is 0 Å². The molecule has 2 heterocycles. The van der Waals surface area contributed by atoms with E-state index in [9.17, 15) is 8.42 Å². The van der Waals surface area contributed by atoms with Gasteiger partial charge in [0.1, 0.15) is 10.7 Å². The van der Waals surface area contributed by atoms with E-state index in [1.807, 2.05) is 41.3 Å². The molecule has 1 saturated heterocycles. The Hall–Kier alpha value is -2.84. The zero-order chi connectivity index (χ0) is 22.9. The Kier molecular flexibility index (Phi) is 6.26. The predicted molar refractivity (Wildman–Crippen MR) is 128 cm³/mol. The molecule has 0 unspecified atom stereocenters. The molecule has 1 aliphatic rings. The van der Waals surface area contributed by atoms with E-state index >= 15 is 0 Å². The number of hydrogen-bond acceptors (Lipinski definition) is 7. The van der Waals surface area contributed by atoms with Crippen molar-refractivity contribution in [1.82, 2.24) is 9.97 Å². The lowest BCUT2D eigenvalue weighted by Crippen LogP contribution is -2.47.